The summed E-state index contributed by atoms with van der Waals surface area (Å²) in [6.45, 7) is 6.67. The molecule has 0 unspecified atom stereocenters. The van der Waals surface area contributed by atoms with Crippen molar-refractivity contribution in [3.63, 3.8) is 0 Å². The van der Waals surface area contributed by atoms with E-state index in [1.54, 1.807) is 16.7 Å². The first-order valence-electron chi connectivity index (χ1n) is 12.7. The van der Waals surface area contributed by atoms with Crippen molar-refractivity contribution < 1.29 is 14.3 Å². The summed E-state index contributed by atoms with van der Waals surface area (Å²) in [5, 5.41) is 8.01. The predicted molar refractivity (Wildman–Crippen MR) is 132 cm³/mol. The second-order valence-electron chi connectivity index (χ2n) is 10.3. The van der Waals surface area contributed by atoms with E-state index in [0.29, 0.717) is 18.8 Å². The van der Waals surface area contributed by atoms with Gasteiger partial charge in [-0.1, -0.05) is 58.1 Å². The number of aromatic nitrogens is 2. The summed E-state index contributed by atoms with van der Waals surface area (Å²) >= 11 is 0. The molecule has 1 atom stereocenters. The van der Waals surface area contributed by atoms with E-state index in [4.69, 9.17) is 9.84 Å². The summed E-state index contributed by atoms with van der Waals surface area (Å²) in [6.07, 6.45) is 7.98. The predicted octanol–water partition coefficient (Wildman–Crippen LogP) is 4.66. The number of methoxy groups -OCH3 is 1. The number of hydrogen-bond acceptors (Lipinski definition) is 4. The minimum absolute atomic E-state index is 0.0958. The molecular weight excluding hydrogens is 428 g/mol. The van der Waals surface area contributed by atoms with Gasteiger partial charge < -0.3 is 15.0 Å². The van der Waals surface area contributed by atoms with Crippen LogP contribution < -0.4 is 10.1 Å². The monoisotopic (exact) mass is 466 g/mol. The number of rotatable bonds is 6. The Balaban J connectivity index is 1.66. The summed E-state index contributed by atoms with van der Waals surface area (Å²) in [5.74, 6) is 0.674. The summed E-state index contributed by atoms with van der Waals surface area (Å²) in [4.78, 5) is 29.3. The van der Waals surface area contributed by atoms with Gasteiger partial charge in [0.05, 0.1) is 19.3 Å². The second kappa shape index (κ2) is 10.2. The molecule has 1 saturated carbocycles. The van der Waals surface area contributed by atoms with Crippen molar-refractivity contribution >= 4 is 11.8 Å². The Morgan fingerprint density at radius 2 is 1.88 bits per heavy atom. The molecule has 1 N–H and O–H groups in total. The summed E-state index contributed by atoms with van der Waals surface area (Å²) in [7, 11) is 1.63. The van der Waals surface area contributed by atoms with E-state index in [-0.39, 0.29) is 23.8 Å². The number of carbonyl (C=O) groups is 2. The van der Waals surface area contributed by atoms with Gasteiger partial charge in [-0.25, -0.2) is 0 Å². The number of benzene rings is 1. The van der Waals surface area contributed by atoms with Crippen molar-refractivity contribution in [3.8, 4) is 5.75 Å². The Morgan fingerprint density at radius 1 is 1.18 bits per heavy atom. The fourth-order valence-electron chi connectivity index (χ4n) is 5.09. The van der Waals surface area contributed by atoms with E-state index >= 15 is 0 Å². The highest BCUT2D eigenvalue weighted by Crippen LogP contribution is 2.31. The Kier molecular flexibility index (Phi) is 7.29. The SMILES string of the molecule is COc1cccc(CN2C(=O)c3cc(C(C)C)nn3C[C@@]2(C)C(=O)NC2CCCCCCC2)c1. The molecule has 1 aromatic carbocycles. The lowest BCUT2D eigenvalue weighted by molar-refractivity contribution is -0.134. The lowest BCUT2D eigenvalue weighted by Crippen LogP contribution is -2.64. The summed E-state index contributed by atoms with van der Waals surface area (Å²) in [5.41, 5.74) is 1.29. The number of ether oxygens (including phenoxy) is 1. The third-order valence-corrected chi connectivity index (χ3v) is 7.31. The molecule has 0 radical (unpaired) electrons. The fourth-order valence-corrected chi connectivity index (χ4v) is 5.09. The number of fused-ring (bicyclic) bond motifs is 1. The average molecular weight is 467 g/mol. The van der Waals surface area contributed by atoms with E-state index < -0.39 is 5.54 Å². The molecule has 0 saturated heterocycles. The van der Waals surface area contributed by atoms with Crippen LogP contribution >= 0.6 is 0 Å². The fraction of sp³-hybridized carbons (Fsp3) is 0.593. The van der Waals surface area contributed by atoms with Crippen LogP contribution in [0.3, 0.4) is 0 Å². The topological polar surface area (TPSA) is 76.5 Å². The highest BCUT2D eigenvalue weighted by Gasteiger charge is 2.48. The number of nitrogens with zero attached hydrogens (tertiary/aromatic N) is 3. The zero-order valence-electron chi connectivity index (χ0n) is 21.0. The molecule has 4 rings (SSSR count). The van der Waals surface area contributed by atoms with Crippen molar-refractivity contribution in [1.29, 1.82) is 0 Å². The molecule has 1 aliphatic carbocycles. The molecule has 1 aliphatic heterocycles. The van der Waals surface area contributed by atoms with Gasteiger partial charge in [-0.3, -0.25) is 14.3 Å². The number of amides is 2. The average Bonchev–Trinajstić information content (AvgIpc) is 3.22. The maximum Gasteiger partial charge on any atom is 0.273 e. The Bertz CT molecular complexity index is 1020. The van der Waals surface area contributed by atoms with E-state index in [1.165, 1.54) is 19.3 Å². The lowest BCUT2D eigenvalue weighted by Gasteiger charge is -2.44. The number of nitrogens with one attached hydrogen (secondary N) is 1. The van der Waals surface area contributed by atoms with Crippen molar-refractivity contribution in [2.24, 2.45) is 0 Å². The second-order valence-corrected chi connectivity index (χ2v) is 10.3. The van der Waals surface area contributed by atoms with Crippen molar-refractivity contribution in [2.75, 3.05) is 7.11 Å². The Hall–Kier alpha value is -2.83. The van der Waals surface area contributed by atoms with Crippen LogP contribution in [0.1, 0.15) is 93.4 Å². The van der Waals surface area contributed by atoms with Crippen LogP contribution in [-0.4, -0.2) is 45.2 Å². The molecule has 0 spiro atoms. The standard InChI is InChI=1S/C27H38N4O3/c1-19(2)23-16-24-25(32)30(17-20-11-10-14-22(15-20)34-4)27(3,18-31(24)29-23)26(33)28-21-12-8-6-5-7-9-13-21/h10-11,14-16,19,21H,5-9,12-13,17-18H2,1-4H3,(H,28,33)/t27-/m0/s1. The minimum Gasteiger partial charge on any atom is -0.497 e. The van der Waals surface area contributed by atoms with Crippen LogP contribution in [0.25, 0.3) is 0 Å². The summed E-state index contributed by atoms with van der Waals surface area (Å²) in [6, 6.07) is 9.71. The largest absolute Gasteiger partial charge is 0.497 e. The molecule has 2 aromatic rings. The van der Waals surface area contributed by atoms with Crippen LogP contribution in [0.15, 0.2) is 30.3 Å². The first kappa shape index (κ1) is 24.3. The molecular formula is C27H38N4O3. The van der Waals surface area contributed by atoms with Crippen LogP contribution in [0, 0.1) is 0 Å². The number of hydrogen-bond donors (Lipinski definition) is 1. The molecule has 34 heavy (non-hydrogen) atoms. The third-order valence-electron chi connectivity index (χ3n) is 7.31. The molecule has 2 amide bonds. The molecule has 2 aliphatic rings. The smallest absolute Gasteiger partial charge is 0.273 e. The van der Waals surface area contributed by atoms with Crippen LogP contribution in [0.5, 0.6) is 5.75 Å². The Morgan fingerprint density at radius 3 is 2.56 bits per heavy atom. The molecule has 1 aromatic heterocycles. The molecule has 184 valence electrons. The van der Waals surface area contributed by atoms with Gasteiger partial charge in [0, 0.05) is 12.6 Å². The van der Waals surface area contributed by atoms with Crippen LogP contribution in [-0.2, 0) is 17.9 Å². The van der Waals surface area contributed by atoms with Gasteiger partial charge in [0.2, 0.25) is 5.91 Å². The van der Waals surface area contributed by atoms with E-state index in [2.05, 4.69) is 19.2 Å². The first-order chi connectivity index (χ1) is 16.3. The molecule has 7 heteroatoms. The van der Waals surface area contributed by atoms with Crippen molar-refractivity contribution in [2.45, 2.75) is 96.3 Å². The molecule has 7 nitrogen and oxygen atoms in total. The molecule has 0 bridgehead atoms. The van der Waals surface area contributed by atoms with Gasteiger partial charge in [-0.2, -0.15) is 5.10 Å². The van der Waals surface area contributed by atoms with E-state index in [1.807, 2.05) is 37.3 Å². The van der Waals surface area contributed by atoms with Gasteiger partial charge in [0.15, 0.2) is 0 Å². The quantitative estimate of drug-likeness (QED) is 0.672. The van der Waals surface area contributed by atoms with Gasteiger partial charge in [-0.15, -0.1) is 0 Å². The van der Waals surface area contributed by atoms with Gasteiger partial charge in [-0.05, 0) is 49.4 Å². The maximum absolute atomic E-state index is 13.8. The molecule has 2 heterocycles. The van der Waals surface area contributed by atoms with Crippen LogP contribution in [0.4, 0.5) is 0 Å². The summed E-state index contributed by atoms with van der Waals surface area (Å²) < 4.78 is 7.12. The van der Waals surface area contributed by atoms with Gasteiger partial charge in [0.25, 0.3) is 5.91 Å². The first-order valence-corrected chi connectivity index (χ1v) is 12.7. The van der Waals surface area contributed by atoms with Gasteiger partial charge >= 0.3 is 0 Å². The normalized spacial score (nSPS) is 21.7. The van der Waals surface area contributed by atoms with Gasteiger partial charge in [0.1, 0.15) is 17.0 Å². The Labute approximate surface area is 202 Å². The maximum atomic E-state index is 13.8. The third kappa shape index (κ3) is 4.98. The zero-order valence-corrected chi connectivity index (χ0v) is 21.0. The van der Waals surface area contributed by atoms with Crippen molar-refractivity contribution in [3.05, 3.63) is 47.3 Å². The highest BCUT2D eigenvalue weighted by molar-refractivity contribution is 5.99. The van der Waals surface area contributed by atoms with Crippen LogP contribution in [0.2, 0.25) is 0 Å². The van der Waals surface area contributed by atoms with E-state index in [0.717, 1.165) is 42.7 Å². The number of carbonyl (C=O) groups excluding carboxylic acids is 2. The highest BCUT2D eigenvalue weighted by atomic mass is 16.5. The lowest BCUT2D eigenvalue weighted by atomic mass is 9.91. The minimum atomic E-state index is -1.05. The van der Waals surface area contributed by atoms with E-state index in [9.17, 15) is 9.59 Å². The zero-order chi connectivity index (χ0) is 24.3. The van der Waals surface area contributed by atoms with Crippen molar-refractivity contribution in [1.82, 2.24) is 20.0 Å². The molecule has 1 fully saturated rings.